The van der Waals surface area contributed by atoms with E-state index in [9.17, 15) is 9.59 Å². The number of Topliss-reactive ketones (excluding diaryl/α,β-unsaturated/α-hetero) is 2. The average Bonchev–Trinajstić information content (AvgIpc) is 3.05. The second-order valence-electron chi connectivity index (χ2n) is 9.62. The van der Waals surface area contributed by atoms with Crippen LogP contribution in [-0.4, -0.2) is 27.4 Å². The van der Waals surface area contributed by atoms with Crippen LogP contribution in [0.5, 0.6) is 0 Å². The van der Waals surface area contributed by atoms with E-state index < -0.39 is 0 Å². The number of hydrogen-bond acceptors (Lipinski definition) is 4. The molecule has 4 nitrogen and oxygen atoms in total. The summed E-state index contributed by atoms with van der Waals surface area (Å²) in [6.45, 7) is 6.30. The van der Waals surface area contributed by atoms with Crippen molar-refractivity contribution in [3.63, 3.8) is 0 Å². The Morgan fingerprint density at radius 3 is 2.55 bits per heavy atom. The molecule has 1 saturated carbocycles. The van der Waals surface area contributed by atoms with Gasteiger partial charge in [-0.05, 0) is 56.3 Å². The van der Waals surface area contributed by atoms with Gasteiger partial charge >= 0.3 is 0 Å². The summed E-state index contributed by atoms with van der Waals surface area (Å²) in [7, 11) is 0. The fraction of sp³-hybridized carbons (Fsp3) is 0.846. The van der Waals surface area contributed by atoms with Crippen molar-refractivity contribution in [1.82, 2.24) is 0 Å². The van der Waals surface area contributed by atoms with Crippen molar-refractivity contribution in [1.29, 1.82) is 0 Å². The maximum absolute atomic E-state index is 12.6. The lowest BCUT2D eigenvalue weighted by atomic mass is 9.83. The van der Waals surface area contributed by atoms with Crippen LogP contribution in [0.2, 0.25) is 0 Å². The molecule has 1 rings (SSSR count). The number of carbonyl (C=O) groups excluding carboxylic acids is 2. The minimum absolute atomic E-state index is 0.0811. The van der Waals surface area contributed by atoms with Crippen molar-refractivity contribution in [2.45, 2.75) is 110 Å². The normalized spacial score (nSPS) is 22.6. The van der Waals surface area contributed by atoms with Crippen molar-refractivity contribution < 1.29 is 19.7 Å². The summed E-state index contributed by atoms with van der Waals surface area (Å²) >= 11 is 2.40. The van der Waals surface area contributed by atoms with Crippen LogP contribution >= 0.6 is 22.6 Å². The summed E-state index contributed by atoms with van der Waals surface area (Å²) in [6.07, 6.45) is 16.5. The molecule has 1 fully saturated rings. The number of alkyl halides is 1. The highest BCUT2D eigenvalue weighted by Gasteiger charge is 2.40. The summed E-state index contributed by atoms with van der Waals surface area (Å²) in [4.78, 5) is 29.5. The standard InChI is InChI=1S/C26H45IO4/c1-4-5-6-7-10-13-22(28)16-17-23-21(19-27)18-25(29)24(23)14-11-8-9-12-15-26(31-30)20(2)3/h8,11,20-21,23-24,26,30H,4-7,9-10,12-19H2,1-3H3/b11-8-/t21-,23-,24+,26?/m0/s1. The molecule has 0 aromatic heterocycles. The third-order valence-corrected chi connectivity index (χ3v) is 7.94. The first-order valence-electron chi connectivity index (χ1n) is 12.5. The molecule has 1 N–H and O–H groups in total. The maximum atomic E-state index is 12.6. The van der Waals surface area contributed by atoms with E-state index in [0.29, 0.717) is 48.6 Å². The predicted octanol–water partition coefficient (Wildman–Crippen LogP) is 7.58. The van der Waals surface area contributed by atoms with Gasteiger partial charge in [0.1, 0.15) is 11.6 Å². The van der Waals surface area contributed by atoms with E-state index in [1.165, 1.54) is 19.3 Å². The number of rotatable bonds is 18. The molecule has 1 aliphatic carbocycles. The number of allylic oxidation sites excluding steroid dienone is 2. The van der Waals surface area contributed by atoms with Gasteiger partial charge < -0.3 is 0 Å². The molecule has 1 unspecified atom stereocenters. The Kier molecular flexibility index (Phi) is 16.0. The van der Waals surface area contributed by atoms with Gasteiger partial charge in [-0.25, -0.2) is 4.89 Å². The summed E-state index contributed by atoms with van der Waals surface area (Å²) in [5.41, 5.74) is 0. The van der Waals surface area contributed by atoms with E-state index in [0.717, 1.165) is 49.4 Å². The predicted molar refractivity (Wildman–Crippen MR) is 137 cm³/mol. The molecule has 0 amide bonds. The van der Waals surface area contributed by atoms with Crippen molar-refractivity contribution in [2.24, 2.45) is 23.7 Å². The lowest BCUT2D eigenvalue weighted by Gasteiger charge is -2.21. The monoisotopic (exact) mass is 548 g/mol. The zero-order valence-corrected chi connectivity index (χ0v) is 22.1. The van der Waals surface area contributed by atoms with Crippen molar-refractivity contribution in [3.05, 3.63) is 12.2 Å². The van der Waals surface area contributed by atoms with E-state index in [4.69, 9.17) is 5.26 Å². The molecule has 0 bridgehead atoms. The Morgan fingerprint density at radius 2 is 1.90 bits per heavy atom. The van der Waals surface area contributed by atoms with Gasteiger partial charge in [0.2, 0.25) is 0 Å². The van der Waals surface area contributed by atoms with Crippen molar-refractivity contribution >= 4 is 34.2 Å². The third kappa shape index (κ3) is 11.4. The van der Waals surface area contributed by atoms with Gasteiger partial charge in [-0.2, -0.15) is 0 Å². The molecule has 31 heavy (non-hydrogen) atoms. The first kappa shape index (κ1) is 28.8. The minimum Gasteiger partial charge on any atom is -0.300 e. The molecule has 0 radical (unpaired) electrons. The zero-order chi connectivity index (χ0) is 23.1. The SMILES string of the molecule is CCCCCCCC(=O)CC[C@H]1[C@H](CI)CC(=O)[C@@H]1C/C=C\CCCC(OO)C(C)C. The zero-order valence-electron chi connectivity index (χ0n) is 20.0. The van der Waals surface area contributed by atoms with Gasteiger partial charge in [-0.1, -0.05) is 81.2 Å². The Balaban J connectivity index is 2.41. The highest BCUT2D eigenvalue weighted by molar-refractivity contribution is 14.1. The highest BCUT2D eigenvalue weighted by atomic mass is 127. The Morgan fingerprint density at radius 1 is 1.16 bits per heavy atom. The Bertz CT molecular complexity index is 532. The first-order valence-corrected chi connectivity index (χ1v) is 14.0. The van der Waals surface area contributed by atoms with Crippen LogP contribution in [0, 0.1) is 23.7 Å². The summed E-state index contributed by atoms with van der Waals surface area (Å²) in [5, 5.41) is 8.94. The van der Waals surface area contributed by atoms with Gasteiger partial charge in [0.15, 0.2) is 0 Å². The number of carbonyl (C=O) groups is 2. The van der Waals surface area contributed by atoms with Crippen LogP contribution in [-0.2, 0) is 14.5 Å². The fourth-order valence-electron chi connectivity index (χ4n) is 4.72. The molecule has 0 aliphatic heterocycles. The van der Waals surface area contributed by atoms with E-state index in [2.05, 4.69) is 46.6 Å². The first-order chi connectivity index (χ1) is 14.9. The molecule has 0 heterocycles. The Hall–Kier alpha value is -0.270. The van der Waals surface area contributed by atoms with Gasteiger partial charge in [-0.3, -0.25) is 14.8 Å². The molecule has 0 aromatic rings. The lowest BCUT2D eigenvalue weighted by molar-refractivity contribution is -0.289. The second-order valence-corrected chi connectivity index (χ2v) is 10.5. The summed E-state index contributed by atoms with van der Waals surface area (Å²) < 4.78 is 0.997. The number of hydrogen-bond donors (Lipinski definition) is 1. The average molecular weight is 549 g/mol. The van der Waals surface area contributed by atoms with Crippen LogP contribution in [0.25, 0.3) is 0 Å². The smallest absolute Gasteiger partial charge is 0.136 e. The van der Waals surface area contributed by atoms with Gasteiger partial charge in [0.05, 0.1) is 6.10 Å². The molecule has 5 heteroatoms. The topological polar surface area (TPSA) is 63.6 Å². The van der Waals surface area contributed by atoms with Crippen LogP contribution < -0.4 is 0 Å². The third-order valence-electron chi connectivity index (χ3n) is 6.81. The molecule has 180 valence electrons. The largest absolute Gasteiger partial charge is 0.300 e. The quantitative estimate of drug-likeness (QED) is 0.0479. The van der Waals surface area contributed by atoms with Crippen molar-refractivity contribution in [3.8, 4) is 0 Å². The number of ketones is 2. The molecule has 0 saturated heterocycles. The second kappa shape index (κ2) is 17.2. The van der Waals surface area contributed by atoms with Crippen LogP contribution in [0.15, 0.2) is 12.2 Å². The fourth-order valence-corrected chi connectivity index (χ4v) is 5.69. The van der Waals surface area contributed by atoms with E-state index >= 15 is 0 Å². The van der Waals surface area contributed by atoms with E-state index in [1.807, 2.05) is 13.8 Å². The van der Waals surface area contributed by atoms with Gasteiger partial charge in [0, 0.05) is 29.6 Å². The molecule has 1 aliphatic rings. The molecular weight excluding hydrogens is 503 g/mol. The lowest BCUT2D eigenvalue weighted by Crippen LogP contribution is -2.19. The number of unbranched alkanes of at least 4 members (excludes halogenated alkanes) is 5. The highest BCUT2D eigenvalue weighted by Crippen LogP contribution is 2.40. The van der Waals surface area contributed by atoms with Crippen LogP contribution in [0.4, 0.5) is 0 Å². The number of halogens is 1. The molecular formula is C26H45IO4. The van der Waals surface area contributed by atoms with Gasteiger partial charge in [0.25, 0.3) is 0 Å². The minimum atomic E-state index is -0.109. The molecule has 0 aromatic carbocycles. The van der Waals surface area contributed by atoms with E-state index in [1.54, 1.807) is 0 Å². The van der Waals surface area contributed by atoms with Crippen molar-refractivity contribution in [2.75, 3.05) is 4.43 Å². The van der Waals surface area contributed by atoms with Crippen LogP contribution in [0.1, 0.15) is 104 Å². The van der Waals surface area contributed by atoms with E-state index in [-0.39, 0.29) is 12.0 Å². The molecule has 4 atom stereocenters. The summed E-state index contributed by atoms with van der Waals surface area (Å²) in [5.74, 6) is 1.93. The Labute approximate surface area is 204 Å². The van der Waals surface area contributed by atoms with Crippen LogP contribution in [0.3, 0.4) is 0 Å². The molecule has 0 spiro atoms. The summed E-state index contributed by atoms with van der Waals surface area (Å²) in [6, 6.07) is 0. The maximum Gasteiger partial charge on any atom is 0.136 e. The van der Waals surface area contributed by atoms with Gasteiger partial charge in [-0.15, -0.1) is 0 Å².